The van der Waals surface area contributed by atoms with Crippen molar-refractivity contribution in [2.45, 2.75) is 13.5 Å². The summed E-state index contributed by atoms with van der Waals surface area (Å²) >= 11 is 0. The van der Waals surface area contributed by atoms with Gasteiger partial charge in [-0.05, 0) is 48.9 Å². The number of hydrogen-bond donors (Lipinski definition) is 2. The highest BCUT2D eigenvalue weighted by atomic mass is 16.5. The van der Waals surface area contributed by atoms with E-state index in [4.69, 9.17) is 4.74 Å². The van der Waals surface area contributed by atoms with Crippen LogP contribution in [-0.4, -0.2) is 20.4 Å². The average Bonchev–Trinajstić information content (AvgIpc) is 3.13. The first-order chi connectivity index (χ1) is 13.6. The highest BCUT2D eigenvalue weighted by molar-refractivity contribution is 6.05. The summed E-state index contributed by atoms with van der Waals surface area (Å²) in [5.74, 6) is 0.263. The number of fused-ring (bicyclic) bond motifs is 1. The first-order valence-electron chi connectivity index (χ1n) is 8.85. The summed E-state index contributed by atoms with van der Waals surface area (Å²) in [5.41, 5.74) is 3.59. The van der Waals surface area contributed by atoms with Crippen molar-refractivity contribution in [2.75, 3.05) is 5.32 Å². The molecule has 0 saturated carbocycles. The van der Waals surface area contributed by atoms with Crippen LogP contribution < -0.4 is 10.1 Å². The van der Waals surface area contributed by atoms with Gasteiger partial charge in [0.25, 0.3) is 5.91 Å². The molecule has 2 heterocycles. The van der Waals surface area contributed by atoms with Crippen LogP contribution in [-0.2, 0) is 6.61 Å². The minimum absolute atomic E-state index is 0.0189. The van der Waals surface area contributed by atoms with E-state index in [9.17, 15) is 9.90 Å². The SMILES string of the molecule is Cc1cccn2cc(COc3cccc(C(=O)Nc4ccccc4O)c3)nc12. The van der Waals surface area contributed by atoms with Gasteiger partial charge in [0.05, 0.1) is 11.4 Å². The summed E-state index contributed by atoms with van der Waals surface area (Å²) in [6.07, 6.45) is 3.87. The molecule has 140 valence electrons. The fourth-order valence-electron chi connectivity index (χ4n) is 2.93. The Hall–Kier alpha value is -3.80. The van der Waals surface area contributed by atoms with Crippen molar-refractivity contribution < 1.29 is 14.6 Å². The Kier molecular flexibility index (Phi) is 4.68. The molecule has 4 rings (SSSR count). The van der Waals surface area contributed by atoms with Gasteiger partial charge in [-0.25, -0.2) is 4.98 Å². The van der Waals surface area contributed by atoms with Gasteiger partial charge in [0.1, 0.15) is 23.8 Å². The Labute approximate surface area is 162 Å². The van der Waals surface area contributed by atoms with Gasteiger partial charge < -0.3 is 19.6 Å². The maximum Gasteiger partial charge on any atom is 0.255 e. The molecule has 0 unspecified atom stereocenters. The van der Waals surface area contributed by atoms with Gasteiger partial charge in [-0.1, -0.05) is 24.3 Å². The van der Waals surface area contributed by atoms with Gasteiger partial charge in [-0.2, -0.15) is 0 Å². The molecule has 0 radical (unpaired) electrons. The minimum Gasteiger partial charge on any atom is -0.506 e. The van der Waals surface area contributed by atoms with Gasteiger partial charge in [0.2, 0.25) is 0 Å². The molecule has 0 aliphatic carbocycles. The zero-order valence-electron chi connectivity index (χ0n) is 15.3. The predicted molar refractivity (Wildman–Crippen MR) is 107 cm³/mol. The number of carbonyl (C=O) groups is 1. The van der Waals surface area contributed by atoms with E-state index in [1.54, 1.807) is 42.5 Å². The molecule has 0 atom stereocenters. The molecule has 6 nitrogen and oxygen atoms in total. The molecule has 0 aliphatic rings. The van der Waals surface area contributed by atoms with E-state index in [0.29, 0.717) is 23.6 Å². The van der Waals surface area contributed by atoms with E-state index in [-0.39, 0.29) is 11.7 Å². The summed E-state index contributed by atoms with van der Waals surface area (Å²) in [6.45, 7) is 2.31. The smallest absolute Gasteiger partial charge is 0.255 e. The lowest BCUT2D eigenvalue weighted by Crippen LogP contribution is -2.12. The van der Waals surface area contributed by atoms with Crippen LogP contribution in [0.2, 0.25) is 0 Å². The van der Waals surface area contributed by atoms with Crippen molar-refractivity contribution in [3.8, 4) is 11.5 Å². The zero-order valence-corrected chi connectivity index (χ0v) is 15.3. The summed E-state index contributed by atoms with van der Waals surface area (Å²) < 4.78 is 7.78. The number of aromatic nitrogens is 2. The maximum atomic E-state index is 12.5. The number of amides is 1. The second-order valence-electron chi connectivity index (χ2n) is 6.44. The number of para-hydroxylation sites is 2. The van der Waals surface area contributed by atoms with Crippen molar-refractivity contribution in [3.05, 3.63) is 89.9 Å². The Balaban J connectivity index is 1.46. The molecule has 0 fully saturated rings. The molecule has 28 heavy (non-hydrogen) atoms. The number of aryl methyl sites for hydroxylation is 1. The van der Waals surface area contributed by atoms with E-state index in [0.717, 1.165) is 16.9 Å². The Bertz CT molecular complexity index is 1150. The number of hydrogen-bond acceptors (Lipinski definition) is 4. The third-order valence-corrected chi connectivity index (χ3v) is 4.36. The van der Waals surface area contributed by atoms with E-state index in [2.05, 4.69) is 10.3 Å². The molecule has 2 aromatic heterocycles. The molecule has 4 aromatic rings. The van der Waals surface area contributed by atoms with Crippen LogP contribution in [0.15, 0.2) is 73.1 Å². The van der Waals surface area contributed by atoms with Gasteiger partial charge in [-0.3, -0.25) is 4.79 Å². The molecular weight excluding hydrogens is 354 g/mol. The molecular formula is C22H19N3O3. The lowest BCUT2D eigenvalue weighted by atomic mass is 10.2. The number of carbonyl (C=O) groups excluding carboxylic acids is 1. The zero-order chi connectivity index (χ0) is 19.5. The molecule has 0 spiro atoms. The second-order valence-corrected chi connectivity index (χ2v) is 6.44. The summed E-state index contributed by atoms with van der Waals surface area (Å²) in [6, 6.07) is 17.5. The molecule has 6 heteroatoms. The number of pyridine rings is 1. The highest BCUT2D eigenvalue weighted by Gasteiger charge is 2.10. The first-order valence-corrected chi connectivity index (χ1v) is 8.85. The highest BCUT2D eigenvalue weighted by Crippen LogP contribution is 2.23. The van der Waals surface area contributed by atoms with Crippen molar-refractivity contribution in [1.29, 1.82) is 0 Å². The van der Waals surface area contributed by atoms with E-state index >= 15 is 0 Å². The van der Waals surface area contributed by atoms with Crippen molar-refractivity contribution in [3.63, 3.8) is 0 Å². The number of ether oxygens (including phenoxy) is 1. The number of nitrogens with one attached hydrogen (secondary N) is 1. The van der Waals surface area contributed by atoms with Crippen LogP contribution >= 0.6 is 0 Å². The first kappa shape index (κ1) is 17.6. The monoisotopic (exact) mass is 373 g/mol. The van der Waals surface area contributed by atoms with Gasteiger partial charge >= 0.3 is 0 Å². The maximum absolute atomic E-state index is 12.5. The van der Waals surface area contributed by atoms with E-state index in [1.165, 1.54) is 6.07 Å². The third kappa shape index (κ3) is 3.66. The fraction of sp³-hybridized carbons (Fsp3) is 0.0909. The number of imidazole rings is 1. The number of rotatable bonds is 5. The number of phenols is 1. The Morgan fingerprint density at radius 3 is 2.82 bits per heavy atom. The molecule has 2 aromatic carbocycles. The summed E-state index contributed by atoms with van der Waals surface area (Å²) in [7, 11) is 0. The number of anilines is 1. The molecule has 0 aliphatic heterocycles. The summed E-state index contributed by atoms with van der Waals surface area (Å²) in [4.78, 5) is 17.0. The Morgan fingerprint density at radius 2 is 2.00 bits per heavy atom. The summed E-state index contributed by atoms with van der Waals surface area (Å²) in [5, 5.41) is 12.5. The van der Waals surface area contributed by atoms with Crippen LogP contribution in [0.3, 0.4) is 0 Å². The lowest BCUT2D eigenvalue weighted by molar-refractivity contribution is 0.102. The Morgan fingerprint density at radius 1 is 1.14 bits per heavy atom. The lowest BCUT2D eigenvalue weighted by Gasteiger charge is -2.09. The minimum atomic E-state index is -0.324. The van der Waals surface area contributed by atoms with Crippen LogP contribution in [0.1, 0.15) is 21.6 Å². The van der Waals surface area contributed by atoms with Crippen molar-refractivity contribution in [1.82, 2.24) is 9.38 Å². The van der Waals surface area contributed by atoms with Gasteiger partial charge in [0.15, 0.2) is 0 Å². The molecule has 1 amide bonds. The molecule has 0 bridgehead atoms. The quantitative estimate of drug-likeness (QED) is 0.515. The standard InChI is InChI=1S/C22H19N3O3/c1-15-6-5-11-25-13-17(23-21(15)25)14-28-18-8-4-7-16(12-18)22(27)24-19-9-2-3-10-20(19)26/h2-13,26H,14H2,1H3,(H,24,27). The number of benzene rings is 2. The van der Waals surface area contributed by atoms with Gasteiger partial charge in [0, 0.05) is 18.0 Å². The number of phenolic OH excluding ortho intramolecular Hbond substituents is 1. The average molecular weight is 373 g/mol. The van der Waals surface area contributed by atoms with Gasteiger partial charge in [-0.15, -0.1) is 0 Å². The van der Waals surface area contributed by atoms with E-state index < -0.39 is 0 Å². The van der Waals surface area contributed by atoms with Crippen molar-refractivity contribution >= 4 is 17.2 Å². The number of nitrogens with zero attached hydrogens (tertiary/aromatic N) is 2. The number of aromatic hydroxyl groups is 1. The third-order valence-electron chi connectivity index (χ3n) is 4.36. The predicted octanol–water partition coefficient (Wildman–Crippen LogP) is 4.18. The van der Waals surface area contributed by atoms with E-state index in [1.807, 2.05) is 35.9 Å². The second kappa shape index (κ2) is 7.44. The molecule has 2 N–H and O–H groups in total. The normalized spacial score (nSPS) is 10.8. The van der Waals surface area contributed by atoms with Crippen LogP contribution in [0.5, 0.6) is 11.5 Å². The van der Waals surface area contributed by atoms with Crippen LogP contribution in [0.25, 0.3) is 5.65 Å². The van der Waals surface area contributed by atoms with Crippen LogP contribution in [0.4, 0.5) is 5.69 Å². The van der Waals surface area contributed by atoms with Crippen LogP contribution in [0, 0.1) is 6.92 Å². The fourth-order valence-corrected chi connectivity index (χ4v) is 2.93. The topological polar surface area (TPSA) is 75.9 Å². The largest absolute Gasteiger partial charge is 0.506 e. The molecule has 0 saturated heterocycles. The van der Waals surface area contributed by atoms with Crippen molar-refractivity contribution in [2.24, 2.45) is 0 Å².